The largest absolute Gasteiger partial charge is 0.394 e. The number of aromatic nitrogens is 2. The van der Waals surface area contributed by atoms with Crippen molar-refractivity contribution in [3.05, 3.63) is 53.1 Å². The molecule has 1 aromatic heterocycles. The fourth-order valence-electron chi connectivity index (χ4n) is 2.50. The molecule has 1 saturated heterocycles. The summed E-state index contributed by atoms with van der Waals surface area (Å²) in [5.41, 5.74) is 1.08. The Morgan fingerprint density at radius 1 is 1.43 bits per heavy atom. The second-order valence-corrected chi connectivity index (χ2v) is 6.75. The van der Waals surface area contributed by atoms with E-state index in [1.165, 1.54) is 0 Å². The quantitative estimate of drug-likeness (QED) is 0.887. The molecule has 0 spiro atoms. The molecule has 1 aromatic carbocycles. The minimum Gasteiger partial charge on any atom is -0.394 e. The first-order valence-electron chi connectivity index (χ1n) is 6.89. The highest BCUT2D eigenvalue weighted by molar-refractivity contribution is 8.00. The molecule has 0 unspecified atom stereocenters. The second-order valence-electron chi connectivity index (χ2n) is 5.03. The van der Waals surface area contributed by atoms with Gasteiger partial charge in [0.1, 0.15) is 10.8 Å². The van der Waals surface area contributed by atoms with Crippen molar-refractivity contribution >= 4 is 23.4 Å². The van der Waals surface area contributed by atoms with E-state index < -0.39 is 4.93 Å². The molecule has 2 heterocycles. The Labute approximate surface area is 132 Å². The summed E-state index contributed by atoms with van der Waals surface area (Å²) < 4.78 is 6.15. The molecule has 1 aliphatic rings. The molecule has 0 saturated carbocycles. The first-order chi connectivity index (χ1) is 10.2. The lowest BCUT2D eigenvalue weighted by Gasteiger charge is -2.29. The van der Waals surface area contributed by atoms with Crippen LogP contribution in [0.15, 0.2) is 36.7 Å². The Hall–Kier alpha value is -1.01. The fourth-order valence-corrected chi connectivity index (χ4v) is 4.01. The minimum absolute atomic E-state index is 0.0447. The van der Waals surface area contributed by atoms with Crippen molar-refractivity contribution in [2.24, 2.45) is 0 Å². The number of aryl methyl sites for hydroxylation is 1. The minimum atomic E-state index is -0.440. The summed E-state index contributed by atoms with van der Waals surface area (Å²) in [6.07, 6.45) is 5.04. The van der Waals surface area contributed by atoms with Gasteiger partial charge in [0.2, 0.25) is 0 Å². The van der Waals surface area contributed by atoms with Gasteiger partial charge in [-0.1, -0.05) is 23.7 Å². The number of aliphatic hydroxyl groups excluding tert-OH is 1. The Balaban J connectivity index is 1.82. The molecule has 0 bridgehead atoms. The number of benzene rings is 1. The number of H-pyrrole nitrogens is 1. The zero-order valence-corrected chi connectivity index (χ0v) is 13.0. The standard InChI is InChI=1S/C15H17ClN2O2S/c16-12-3-1-11(2-4-12)15(20-13(9-19)10-21-15)6-5-14-17-7-8-18-14/h1-4,7-8,13,19H,5-6,9-10H2,(H,17,18)/t13-,15-/m1/s1. The zero-order valence-electron chi connectivity index (χ0n) is 11.5. The highest BCUT2D eigenvalue weighted by atomic mass is 35.5. The second kappa shape index (κ2) is 6.40. The van der Waals surface area contributed by atoms with Crippen LogP contribution in [-0.4, -0.2) is 33.5 Å². The summed E-state index contributed by atoms with van der Waals surface area (Å²) in [7, 11) is 0. The van der Waals surface area contributed by atoms with E-state index in [-0.39, 0.29) is 12.7 Å². The lowest BCUT2D eigenvalue weighted by Crippen LogP contribution is -2.26. The Bertz CT molecular complexity index is 576. The Morgan fingerprint density at radius 2 is 2.24 bits per heavy atom. The van der Waals surface area contributed by atoms with E-state index in [0.29, 0.717) is 5.02 Å². The van der Waals surface area contributed by atoms with E-state index in [1.807, 2.05) is 30.5 Å². The molecule has 112 valence electrons. The van der Waals surface area contributed by atoms with E-state index in [0.717, 1.165) is 30.0 Å². The van der Waals surface area contributed by atoms with Crippen LogP contribution in [0.1, 0.15) is 17.8 Å². The highest BCUT2D eigenvalue weighted by Crippen LogP contribution is 2.48. The van der Waals surface area contributed by atoms with Gasteiger partial charge >= 0.3 is 0 Å². The number of aromatic amines is 1. The van der Waals surface area contributed by atoms with Gasteiger partial charge < -0.3 is 14.8 Å². The molecule has 1 fully saturated rings. The number of ether oxygens (including phenoxy) is 1. The monoisotopic (exact) mass is 324 g/mol. The topological polar surface area (TPSA) is 58.1 Å². The normalized spacial score (nSPS) is 25.3. The molecule has 21 heavy (non-hydrogen) atoms. The van der Waals surface area contributed by atoms with Crippen molar-refractivity contribution in [1.29, 1.82) is 0 Å². The summed E-state index contributed by atoms with van der Waals surface area (Å²) >= 11 is 7.71. The zero-order chi connectivity index (χ0) is 14.7. The van der Waals surface area contributed by atoms with Crippen LogP contribution in [0.25, 0.3) is 0 Å². The molecule has 4 nitrogen and oxygen atoms in total. The lowest BCUT2D eigenvalue weighted by molar-refractivity contribution is -0.0387. The van der Waals surface area contributed by atoms with Crippen LogP contribution in [0.5, 0.6) is 0 Å². The number of aliphatic hydroxyl groups is 1. The predicted molar refractivity (Wildman–Crippen MR) is 84.5 cm³/mol. The third kappa shape index (κ3) is 3.26. The summed E-state index contributed by atoms with van der Waals surface area (Å²) in [5, 5.41) is 10.1. The smallest absolute Gasteiger partial charge is 0.140 e. The number of thioether (sulfide) groups is 1. The predicted octanol–water partition coefficient (Wildman–Crippen LogP) is 2.97. The van der Waals surface area contributed by atoms with Crippen molar-refractivity contribution < 1.29 is 9.84 Å². The maximum atomic E-state index is 9.36. The molecule has 1 aliphatic heterocycles. The lowest BCUT2D eigenvalue weighted by atomic mass is 10.0. The Morgan fingerprint density at radius 3 is 2.86 bits per heavy atom. The number of imidazole rings is 1. The third-order valence-corrected chi connectivity index (χ3v) is 5.39. The first kappa shape index (κ1) is 14.9. The molecule has 0 amide bonds. The van der Waals surface area contributed by atoms with E-state index in [9.17, 15) is 5.11 Å². The van der Waals surface area contributed by atoms with Gasteiger partial charge in [-0.15, -0.1) is 11.8 Å². The molecule has 2 atom stereocenters. The van der Waals surface area contributed by atoms with Crippen molar-refractivity contribution in [3.8, 4) is 0 Å². The van der Waals surface area contributed by atoms with Gasteiger partial charge in [-0.2, -0.15) is 0 Å². The van der Waals surface area contributed by atoms with Gasteiger partial charge in [0.05, 0.1) is 12.7 Å². The summed E-state index contributed by atoms with van der Waals surface area (Å²) in [4.78, 5) is 6.94. The number of halogens is 1. The molecule has 0 radical (unpaired) electrons. The molecular formula is C15H17ClN2O2S. The van der Waals surface area contributed by atoms with Crippen molar-refractivity contribution in [1.82, 2.24) is 9.97 Å². The van der Waals surface area contributed by atoms with E-state index in [2.05, 4.69) is 9.97 Å². The number of rotatable bonds is 5. The van der Waals surface area contributed by atoms with Crippen LogP contribution >= 0.6 is 23.4 Å². The summed E-state index contributed by atoms with van der Waals surface area (Å²) in [6.45, 7) is 0.0447. The number of nitrogens with zero attached hydrogens (tertiary/aromatic N) is 1. The third-order valence-electron chi connectivity index (χ3n) is 3.59. The molecule has 3 rings (SSSR count). The van der Waals surface area contributed by atoms with Crippen LogP contribution in [0.4, 0.5) is 0 Å². The van der Waals surface area contributed by atoms with E-state index in [1.54, 1.807) is 18.0 Å². The van der Waals surface area contributed by atoms with Gasteiger partial charge in [0.25, 0.3) is 0 Å². The van der Waals surface area contributed by atoms with Crippen LogP contribution in [0.2, 0.25) is 5.02 Å². The number of hydrogen-bond acceptors (Lipinski definition) is 4. The highest BCUT2D eigenvalue weighted by Gasteiger charge is 2.42. The van der Waals surface area contributed by atoms with Gasteiger partial charge in [-0.05, 0) is 24.1 Å². The Kier molecular flexibility index (Phi) is 4.54. The average molecular weight is 325 g/mol. The molecule has 2 N–H and O–H groups in total. The molecule has 0 aliphatic carbocycles. The van der Waals surface area contributed by atoms with Crippen molar-refractivity contribution in [3.63, 3.8) is 0 Å². The number of hydrogen-bond donors (Lipinski definition) is 2. The first-order valence-corrected chi connectivity index (χ1v) is 8.25. The molecule has 2 aromatic rings. The van der Waals surface area contributed by atoms with Crippen molar-refractivity contribution in [2.75, 3.05) is 12.4 Å². The van der Waals surface area contributed by atoms with Crippen LogP contribution in [-0.2, 0) is 16.1 Å². The molecular weight excluding hydrogens is 308 g/mol. The van der Waals surface area contributed by atoms with Gasteiger partial charge in [0, 0.05) is 29.6 Å². The van der Waals surface area contributed by atoms with Gasteiger partial charge in [-0.25, -0.2) is 4.98 Å². The maximum Gasteiger partial charge on any atom is 0.140 e. The average Bonchev–Trinajstić information content (AvgIpc) is 3.16. The number of nitrogens with one attached hydrogen (secondary N) is 1. The SMILES string of the molecule is OC[C@@H]1CS[C@](CCc2ncc[nH]2)(c2ccc(Cl)cc2)O1. The van der Waals surface area contributed by atoms with E-state index in [4.69, 9.17) is 16.3 Å². The van der Waals surface area contributed by atoms with E-state index >= 15 is 0 Å². The summed E-state index contributed by atoms with van der Waals surface area (Å²) in [6, 6.07) is 7.75. The van der Waals surface area contributed by atoms with Crippen LogP contribution in [0, 0.1) is 0 Å². The maximum absolute atomic E-state index is 9.36. The van der Waals surface area contributed by atoms with Crippen LogP contribution in [0.3, 0.4) is 0 Å². The van der Waals surface area contributed by atoms with Crippen LogP contribution < -0.4 is 0 Å². The fraction of sp³-hybridized carbons (Fsp3) is 0.400. The van der Waals surface area contributed by atoms with Gasteiger partial charge in [-0.3, -0.25) is 0 Å². The summed E-state index contributed by atoms with van der Waals surface area (Å²) in [5.74, 6) is 1.73. The molecule has 6 heteroatoms. The van der Waals surface area contributed by atoms with Crippen molar-refractivity contribution in [2.45, 2.75) is 23.9 Å². The van der Waals surface area contributed by atoms with Gasteiger partial charge in [0.15, 0.2) is 0 Å².